The molecule has 9 heteroatoms. The molecule has 7 nitrogen and oxygen atoms in total. The van der Waals surface area contributed by atoms with Gasteiger partial charge in [0.05, 0.1) is 12.8 Å². The smallest absolute Gasteiger partial charge is 0.264 e. The normalized spacial score (nSPS) is 13.4. The summed E-state index contributed by atoms with van der Waals surface area (Å²) in [7, 11) is -2.29. The van der Waals surface area contributed by atoms with Crippen LogP contribution in [0.15, 0.2) is 71.6 Å². The first-order chi connectivity index (χ1) is 16.3. The lowest BCUT2D eigenvalue weighted by Crippen LogP contribution is -2.24. The zero-order valence-electron chi connectivity index (χ0n) is 19.2. The molecule has 4 rings (SSSR count). The Kier molecular flexibility index (Phi) is 7.23. The van der Waals surface area contributed by atoms with E-state index in [9.17, 15) is 8.42 Å². The van der Waals surface area contributed by atoms with Gasteiger partial charge in [-0.15, -0.1) is 0 Å². The molecule has 178 valence electrons. The van der Waals surface area contributed by atoms with Crippen LogP contribution in [0.2, 0.25) is 0 Å². The highest BCUT2D eigenvalue weighted by molar-refractivity contribution is 7.93. The molecular weight excluding hydrogens is 468 g/mol. The van der Waals surface area contributed by atoms with Crippen LogP contribution >= 0.6 is 12.2 Å². The van der Waals surface area contributed by atoms with Gasteiger partial charge < -0.3 is 20.3 Å². The Morgan fingerprint density at radius 1 is 0.882 bits per heavy atom. The van der Waals surface area contributed by atoms with E-state index in [-0.39, 0.29) is 4.90 Å². The van der Waals surface area contributed by atoms with E-state index in [0.717, 1.165) is 37.2 Å². The van der Waals surface area contributed by atoms with Gasteiger partial charge in [-0.05, 0) is 86.6 Å². The highest BCUT2D eigenvalue weighted by atomic mass is 32.2. The molecule has 0 bridgehead atoms. The number of aryl methyl sites for hydroxylation is 1. The molecule has 3 N–H and O–H groups in total. The minimum Gasteiger partial charge on any atom is -0.497 e. The van der Waals surface area contributed by atoms with Crippen molar-refractivity contribution in [2.45, 2.75) is 24.7 Å². The third-order valence-electron chi connectivity index (χ3n) is 5.61. The first-order valence-corrected chi connectivity index (χ1v) is 12.9. The van der Waals surface area contributed by atoms with Gasteiger partial charge in [-0.25, -0.2) is 8.42 Å². The van der Waals surface area contributed by atoms with Crippen molar-refractivity contribution in [1.29, 1.82) is 0 Å². The Balaban J connectivity index is 1.59. The zero-order chi connectivity index (χ0) is 24.1. The predicted octanol–water partition coefficient (Wildman–Crippen LogP) is 5.21. The summed E-state index contributed by atoms with van der Waals surface area (Å²) >= 11 is 5.45. The van der Waals surface area contributed by atoms with Crippen molar-refractivity contribution >= 4 is 50.1 Å². The minimum atomic E-state index is -3.86. The number of thiocarbonyl (C=S) groups is 1. The highest BCUT2D eigenvalue weighted by Gasteiger charge is 2.25. The fourth-order valence-corrected chi connectivity index (χ4v) is 5.37. The maximum absolute atomic E-state index is 13.4. The minimum absolute atomic E-state index is 0.202. The zero-order valence-corrected chi connectivity index (χ0v) is 20.8. The molecule has 3 aromatic rings. The maximum Gasteiger partial charge on any atom is 0.264 e. The van der Waals surface area contributed by atoms with Crippen molar-refractivity contribution in [3.8, 4) is 5.75 Å². The van der Waals surface area contributed by atoms with Gasteiger partial charge in [-0.3, -0.25) is 4.72 Å². The fourth-order valence-electron chi connectivity index (χ4n) is 3.83. The van der Waals surface area contributed by atoms with E-state index in [1.54, 1.807) is 37.4 Å². The van der Waals surface area contributed by atoms with Crippen molar-refractivity contribution in [3.05, 3.63) is 72.3 Å². The summed E-state index contributed by atoms with van der Waals surface area (Å²) in [6.45, 7) is 3.67. The van der Waals surface area contributed by atoms with Gasteiger partial charge in [-0.1, -0.05) is 17.7 Å². The number of hydrogen-bond acceptors (Lipinski definition) is 5. The third-order valence-corrected chi connectivity index (χ3v) is 7.22. The summed E-state index contributed by atoms with van der Waals surface area (Å²) in [4.78, 5) is 2.31. The van der Waals surface area contributed by atoms with Crippen LogP contribution in [0.3, 0.4) is 0 Å². The van der Waals surface area contributed by atoms with Crippen LogP contribution in [-0.2, 0) is 10.0 Å². The Labute approximate surface area is 206 Å². The fraction of sp³-hybridized carbons (Fsp3) is 0.240. The summed E-state index contributed by atoms with van der Waals surface area (Å²) in [6.07, 6.45) is 2.08. The van der Waals surface area contributed by atoms with Crippen LogP contribution in [-0.4, -0.2) is 33.7 Å². The van der Waals surface area contributed by atoms with Crippen LogP contribution in [0.25, 0.3) is 0 Å². The largest absolute Gasteiger partial charge is 0.497 e. The van der Waals surface area contributed by atoms with Crippen molar-refractivity contribution in [2.75, 3.05) is 40.5 Å². The van der Waals surface area contributed by atoms with Crippen LogP contribution in [0, 0.1) is 6.92 Å². The number of nitrogens with zero attached hydrogens (tertiary/aromatic N) is 1. The van der Waals surface area contributed by atoms with E-state index in [2.05, 4.69) is 20.3 Å². The Hall–Kier alpha value is -3.30. The molecule has 0 aromatic heterocycles. The summed E-state index contributed by atoms with van der Waals surface area (Å²) < 4.78 is 34.7. The van der Waals surface area contributed by atoms with Crippen LogP contribution in [0.5, 0.6) is 5.75 Å². The van der Waals surface area contributed by atoms with Gasteiger partial charge in [0.2, 0.25) is 0 Å². The quantitative estimate of drug-likeness (QED) is 0.387. The molecule has 1 heterocycles. The van der Waals surface area contributed by atoms with E-state index in [1.165, 1.54) is 0 Å². The summed E-state index contributed by atoms with van der Waals surface area (Å²) in [5, 5.41) is 6.62. The number of nitrogens with one attached hydrogen (secondary N) is 3. The average Bonchev–Trinajstić information content (AvgIpc) is 3.36. The number of rotatable bonds is 7. The van der Waals surface area contributed by atoms with Crippen LogP contribution in [0.1, 0.15) is 18.4 Å². The predicted molar refractivity (Wildman–Crippen MR) is 143 cm³/mol. The number of benzene rings is 3. The second-order valence-corrected chi connectivity index (χ2v) is 10.2. The highest BCUT2D eigenvalue weighted by Crippen LogP contribution is 2.32. The first-order valence-electron chi connectivity index (χ1n) is 11.0. The van der Waals surface area contributed by atoms with Crippen LogP contribution in [0.4, 0.5) is 22.7 Å². The molecule has 0 aliphatic carbocycles. The lowest BCUT2D eigenvalue weighted by Gasteiger charge is -2.23. The van der Waals surface area contributed by atoms with Gasteiger partial charge >= 0.3 is 0 Å². The summed E-state index contributed by atoms with van der Waals surface area (Å²) in [5.74, 6) is 0.654. The number of anilines is 4. The Morgan fingerprint density at radius 3 is 2.12 bits per heavy atom. The van der Waals surface area contributed by atoms with Crippen molar-refractivity contribution in [2.24, 2.45) is 0 Å². The Bertz CT molecular complexity index is 1250. The van der Waals surface area contributed by atoms with Gasteiger partial charge in [0.25, 0.3) is 10.0 Å². The molecule has 1 aliphatic heterocycles. The lowest BCUT2D eigenvalue weighted by molar-refractivity contribution is 0.415. The van der Waals surface area contributed by atoms with Crippen molar-refractivity contribution in [3.63, 3.8) is 0 Å². The van der Waals surface area contributed by atoms with Crippen molar-refractivity contribution < 1.29 is 13.2 Å². The van der Waals surface area contributed by atoms with Crippen LogP contribution < -0.4 is 25.0 Å². The summed E-state index contributed by atoms with van der Waals surface area (Å²) in [5.41, 5.74) is 3.74. The SMILES string of the molecule is COc1ccc(NS(=O)(=O)c2cc(NC(=S)Nc3ccc(C)cc3)ccc2N2CCCC2)cc1. The Morgan fingerprint density at radius 2 is 1.47 bits per heavy atom. The third kappa shape index (κ3) is 5.78. The molecular formula is C25H28N4O3S2. The topological polar surface area (TPSA) is 82.7 Å². The van der Waals surface area contributed by atoms with E-state index < -0.39 is 10.0 Å². The number of sulfonamides is 1. The molecule has 1 aliphatic rings. The standard InChI is InChI=1S/C25H28N4O3S2/c1-18-5-7-19(8-6-18)26-25(33)27-21-11-14-23(29-15-3-4-16-29)24(17-21)34(30,31)28-20-9-12-22(32-2)13-10-20/h5-14,17,28H,3-4,15-16H2,1-2H3,(H2,26,27,33). The molecule has 0 saturated carbocycles. The molecule has 34 heavy (non-hydrogen) atoms. The first kappa shape index (κ1) is 23.8. The number of hydrogen-bond donors (Lipinski definition) is 3. The monoisotopic (exact) mass is 496 g/mol. The average molecular weight is 497 g/mol. The van der Waals surface area contributed by atoms with E-state index in [1.807, 2.05) is 43.3 Å². The summed E-state index contributed by atoms with van der Waals surface area (Å²) in [6, 6.07) is 20.0. The van der Waals surface area contributed by atoms with Gasteiger partial charge in [0.15, 0.2) is 5.11 Å². The number of ether oxygens (including phenoxy) is 1. The molecule has 1 saturated heterocycles. The van der Waals surface area contributed by atoms with E-state index in [0.29, 0.717) is 27.9 Å². The van der Waals surface area contributed by atoms with Crippen molar-refractivity contribution in [1.82, 2.24) is 0 Å². The molecule has 1 fully saturated rings. The van der Waals surface area contributed by atoms with E-state index >= 15 is 0 Å². The van der Waals surface area contributed by atoms with E-state index in [4.69, 9.17) is 17.0 Å². The molecule has 0 unspecified atom stereocenters. The molecule has 0 spiro atoms. The van der Waals surface area contributed by atoms with Gasteiger partial charge in [0, 0.05) is 30.2 Å². The lowest BCUT2D eigenvalue weighted by atomic mass is 10.2. The second kappa shape index (κ2) is 10.3. The van der Waals surface area contributed by atoms with Gasteiger partial charge in [0.1, 0.15) is 10.6 Å². The molecule has 0 radical (unpaired) electrons. The maximum atomic E-state index is 13.4. The van der Waals surface area contributed by atoms with Gasteiger partial charge in [-0.2, -0.15) is 0 Å². The molecule has 0 atom stereocenters. The molecule has 0 amide bonds. The molecule has 3 aromatic carbocycles. The number of methoxy groups -OCH3 is 1. The second-order valence-electron chi connectivity index (χ2n) is 8.16.